The van der Waals surface area contributed by atoms with E-state index in [9.17, 15) is 9.59 Å². The highest BCUT2D eigenvalue weighted by molar-refractivity contribution is 6.06. The second-order valence-corrected chi connectivity index (χ2v) is 6.05. The summed E-state index contributed by atoms with van der Waals surface area (Å²) in [4.78, 5) is 26.8. The van der Waals surface area contributed by atoms with Crippen LogP contribution in [0.25, 0.3) is 0 Å². The van der Waals surface area contributed by atoms with Crippen molar-refractivity contribution in [2.45, 2.75) is 18.6 Å². The van der Waals surface area contributed by atoms with Gasteiger partial charge in [0.05, 0.1) is 24.0 Å². The van der Waals surface area contributed by atoms with Crippen molar-refractivity contribution in [3.63, 3.8) is 0 Å². The Hall–Kier alpha value is -1.20. The fourth-order valence-electron chi connectivity index (χ4n) is 4.39. The van der Waals surface area contributed by atoms with E-state index >= 15 is 0 Å². The van der Waals surface area contributed by atoms with Gasteiger partial charge in [0.2, 0.25) is 11.8 Å². The topological polar surface area (TPSA) is 58.6 Å². The first-order valence-electron chi connectivity index (χ1n) is 7.01. The number of allylic oxidation sites excluding steroid dienone is 2. The fraction of sp³-hybridized carbons (Fsp3) is 0.714. The van der Waals surface area contributed by atoms with Gasteiger partial charge < -0.3 is 10.1 Å². The van der Waals surface area contributed by atoms with Crippen LogP contribution in [0.15, 0.2) is 12.2 Å². The zero-order valence-corrected chi connectivity index (χ0v) is 10.9. The maximum Gasteiger partial charge on any atom is 0.234 e. The molecule has 0 radical (unpaired) electrons. The lowest BCUT2D eigenvalue weighted by atomic mass is 9.85. The minimum absolute atomic E-state index is 0.0302. The summed E-state index contributed by atoms with van der Waals surface area (Å²) in [6, 6.07) is -0.130. The van der Waals surface area contributed by atoms with E-state index in [-0.39, 0.29) is 47.6 Å². The molecule has 0 aromatic carbocycles. The van der Waals surface area contributed by atoms with Gasteiger partial charge in [-0.25, -0.2) is 0 Å². The number of hydrogen-bond acceptors (Lipinski definition) is 4. The summed E-state index contributed by atoms with van der Waals surface area (Å²) in [5.41, 5.74) is 0. The van der Waals surface area contributed by atoms with Gasteiger partial charge in [-0.2, -0.15) is 0 Å². The number of nitrogens with zero attached hydrogens (tertiary/aromatic N) is 1. The van der Waals surface area contributed by atoms with Crippen molar-refractivity contribution in [3.8, 4) is 0 Å². The van der Waals surface area contributed by atoms with Gasteiger partial charge in [0.15, 0.2) is 0 Å². The summed E-state index contributed by atoms with van der Waals surface area (Å²) >= 11 is 0. The second-order valence-electron chi connectivity index (χ2n) is 6.05. The SMILES string of the molecule is CO[C@H]1CNCC1N1C(=O)C2C3C=CC(C3)C2C1=O. The first kappa shape index (κ1) is 11.6. The van der Waals surface area contributed by atoms with E-state index in [0.29, 0.717) is 13.1 Å². The van der Waals surface area contributed by atoms with E-state index in [1.54, 1.807) is 7.11 Å². The Kier molecular flexibility index (Phi) is 2.38. The zero-order valence-electron chi connectivity index (χ0n) is 10.9. The highest BCUT2D eigenvalue weighted by Gasteiger charge is 2.61. The number of fused-ring (bicyclic) bond motifs is 5. The Morgan fingerprint density at radius 1 is 1.16 bits per heavy atom. The molecule has 5 heteroatoms. The van der Waals surface area contributed by atoms with Crippen LogP contribution in [0.5, 0.6) is 0 Å². The van der Waals surface area contributed by atoms with Crippen LogP contribution in [0.2, 0.25) is 0 Å². The molecule has 4 rings (SSSR count). The average molecular weight is 262 g/mol. The summed E-state index contributed by atoms with van der Waals surface area (Å²) in [5.74, 6) is 0.435. The van der Waals surface area contributed by atoms with Crippen LogP contribution in [-0.2, 0) is 14.3 Å². The maximum absolute atomic E-state index is 12.6. The summed E-state index contributed by atoms with van der Waals surface area (Å²) in [6.07, 6.45) is 5.16. The van der Waals surface area contributed by atoms with Crippen LogP contribution >= 0.6 is 0 Å². The number of nitrogens with one attached hydrogen (secondary N) is 1. The van der Waals surface area contributed by atoms with Gasteiger partial charge in [0, 0.05) is 20.2 Å². The highest BCUT2D eigenvalue weighted by atomic mass is 16.5. The van der Waals surface area contributed by atoms with Gasteiger partial charge in [-0.05, 0) is 18.3 Å². The van der Waals surface area contributed by atoms with Crippen molar-refractivity contribution in [2.24, 2.45) is 23.7 Å². The molecule has 0 aromatic heterocycles. The van der Waals surface area contributed by atoms with Crippen LogP contribution in [0.1, 0.15) is 6.42 Å². The van der Waals surface area contributed by atoms with Crippen molar-refractivity contribution >= 4 is 11.8 Å². The van der Waals surface area contributed by atoms with Crippen LogP contribution in [0.3, 0.4) is 0 Å². The summed E-state index contributed by atoms with van der Waals surface area (Å²) in [7, 11) is 1.64. The van der Waals surface area contributed by atoms with E-state index < -0.39 is 0 Å². The molecule has 2 bridgehead atoms. The van der Waals surface area contributed by atoms with Crippen molar-refractivity contribution < 1.29 is 14.3 Å². The molecule has 5 nitrogen and oxygen atoms in total. The molecule has 0 spiro atoms. The first-order chi connectivity index (χ1) is 9.22. The van der Waals surface area contributed by atoms with E-state index in [1.165, 1.54) is 4.90 Å². The summed E-state index contributed by atoms with van der Waals surface area (Å²) in [6.45, 7) is 1.36. The standard InChI is InChI=1S/C14H18N2O3/c1-19-10-6-15-5-9(10)16-13(17)11-7-2-3-8(4-7)12(11)14(16)18/h2-3,7-12,15H,4-6H2,1H3/t7?,8?,9?,10-,11?,12?/m0/s1. The second kappa shape index (κ2) is 3.90. The number of ether oxygens (including phenoxy) is 1. The molecule has 4 aliphatic rings. The van der Waals surface area contributed by atoms with Crippen molar-refractivity contribution in [3.05, 3.63) is 12.2 Å². The molecule has 6 atom stereocenters. The number of carbonyl (C=O) groups is 2. The number of hydrogen-bond donors (Lipinski definition) is 1. The minimum Gasteiger partial charge on any atom is -0.378 e. The molecule has 19 heavy (non-hydrogen) atoms. The van der Waals surface area contributed by atoms with Gasteiger partial charge in [0.25, 0.3) is 0 Å². The summed E-state index contributed by atoms with van der Waals surface area (Å²) < 4.78 is 5.40. The zero-order chi connectivity index (χ0) is 13.1. The number of amides is 2. The Bertz CT molecular complexity index is 445. The molecule has 2 aliphatic heterocycles. The minimum atomic E-state index is -0.130. The van der Waals surface area contributed by atoms with E-state index in [1.807, 2.05) is 0 Å². The lowest BCUT2D eigenvalue weighted by Crippen LogP contribution is -2.48. The van der Waals surface area contributed by atoms with E-state index in [2.05, 4.69) is 17.5 Å². The Balaban J connectivity index is 1.65. The van der Waals surface area contributed by atoms with Gasteiger partial charge in [-0.15, -0.1) is 0 Å². The van der Waals surface area contributed by atoms with Crippen LogP contribution in [0, 0.1) is 23.7 Å². The third kappa shape index (κ3) is 1.37. The first-order valence-corrected chi connectivity index (χ1v) is 7.01. The van der Waals surface area contributed by atoms with Gasteiger partial charge in [-0.3, -0.25) is 14.5 Å². The fourth-order valence-corrected chi connectivity index (χ4v) is 4.39. The predicted molar refractivity (Wildman–Crippen MR) is 67.0 cm³/mol. The molecule has 2 amide bonds. The molecule has 2 aliphatic carbocycles. The Labute approximate surface area is 112 Å². The highest BCUT2D eigenvalue weighted by Crippen LogP contribution is 2.53. The van der Waals surface area contributed by atoms with Gasteiger partial charge in [-0.1, -0.05) is 12.2 Å². The van der Waals surface area contributed by atoms with Gasteiger partial charge >= 0.3 is 0 Å². The van der Waals surface area contributed by atoms with E-state index in [0.717, 1.165) is 6.42 Å². The average Bonchev–Trinajstić information content (AvgIpc) is 3.14. The third-order valence-corrected chi connectivity index (χ3v) is 5.27. The number of likely N-dealkylation sites (tertiary alicyclic amines) is 1. The number of rotatable bonds is 2. The largest absolute Gasteiger partial charge is 0.378 e. The van der Waals surface area contributed by atoms with Crippen molar-refractivity contribution in [1.29, 1.82) is 0 Å². The summed E-state index contributed by atoms with van der Waals surface area (Å²) in [5, 5.41) is 3.21. The molecule has 0 aromatic rings. The molecule has 2 saturated heterocycles. The Morgan fingerprint density at radius 3 is 2.37 bits per heavy atom. The predicted octanol–water partition coefficient (Wildman–Crippen LogP) is -0.220. The van der Waals surface area contributed by atoms with Crippen LogP contribution < -0.4 is 5.32 Å². The molecular formula is C14H18N2O3. The molecule has 3 fully saturated rings. The Morgan fingerprint density at radius 2 is 1.79 bits per heavy atom. The third-order valence-electron chi connectivity index (χ3n) is 5.27. The maximum atomic E-state index is 12.6. The number of methoxy groups -OCH3 is 1. The molecule has 2 heterocycles. The molecule has 5 unspecified atom stereocenters. The molecule has 1 N–H and O–H groups in total. The van der Waals surface area contributed by atoms with Gasteiger partial charge in [0.1, 0.15) is 0 Å². The molecular weight excluding hydrogens is 244 g/mol. The monoisotopic (exact) mass is 262 g/mol. The lowest BCUT2D eigenvalue weighted by Gasteiger charge is -2.27. The van der Waals surface area contributed by atoms with Crippen LogP contribution in [-0.4, -0.2) is 49.1 Å². The van der Waals surface area contributed by atoms with Crippen molar-refractivity contribution in [1.82, 2.24) is 10.2 Å². The number of carbonyl (C=O) groups excluding carboxylic acids is 2. The lowest BCUT2D eigenvalue weighted by molar-refractivity contribution is -0.145. The number of imide groups is 1. The van der Waals surface area contributed by atoms with E-state index in [4.69, 9.17) is 4.74 Å². The van der Waals surface area contributed by atoms with Crippen LogP contribution in [0.4, 0.5) is 0 Å². The molecule has 1 saturated carbocycles. The van der Waals surface area contributed by atoms with Crippen molar-refractivity contribution in [2.75, 3.05) is 20.2 Å². The molecule has 102 valence electrons. The normalized spacial score (nSPS) is 47.5. The quantitative estimate of drug-likeness (QED) is 0.552. The smallest absolute Gasteiger partial charge is 0.234 e.